The molecule has 2 N–H and O–H groups in total. The van der Waals surface area contributed by atoms with Gasteiger partial charge in [0, 0.05) is 12.7 Å². The monoisotopic (exact) mass is 278 g/mol. The molecule has 0 bridgehead atoms. The highest BCUT2D eigenvalue weighted by Gasteiger charge is 2.06. The van der Waals surface area contributed by atoms with Crippen LogP contribution in [0.1, 0.15) is 5.69 Å². The molecule has 0 fully saturated rings. The fraction of sp³-hybridized carbons (Fsp3) is 0.231. The van der Waals surface area contributed by atoms with Crippen LogP contribution in [0.2, 0.25) is 5.02 Å². The van der Waals surface area contributed by atoms with Crippen molar-refractivity contribution in [1.29, 1.82) is 0 Å². The van der Waals surface area contributed by atoms with Gasteiger partial charge in [0.05, 0.1) is 22.7 Å². The lowest BCUT2D eigenvalue weighted by molar-refractivity contribution is -0.116. The van der Waals surface area contributed by atoms with Crippen LogP contribution in [0.15, 0.2) is 36.8 Å². The van der Waals surface area contributed by atoms with Gasteiger partial charge in [-0.3, -0.25) is 4.79 Å². The summed E-state index contributed by atoms with van der Waals surface area (Å²) in [6.07, 6.45) is 3.47. The molecule has 1 aromatic carbocycles. The second kappa shape index (κ2) is 6.36. The first-order chi connectivity index (χ1) is 9.19. The summed E-state index contributed by atoms with van der Waals surface area (Å²) < 4.78 is 1.73. The zero-order valence-electron chi connectivity index (χ0n) is 10.6. The predicted molar refractivity (Wildman–Crippen MR) is 75.1 cm³/mol. The third-order valence-corrected chi connectivity index (χ3v) is 2.85. The van der Waals surface area contributed by atoms with E-state index in [2.05, 4.69) is 15.6 Å². The van der Waals surface area contributed by atoms with Gasteiger partial charge in [0.15, 0.2) is 0 Å². The van der Waals surface area contributed by atoms with Gasteiger partial charge in [0.25, 0.3) is 0 Å². The van der Waals surface area contributed by atoms with Gasteiger partial charge < -0.3 is 15.2 Å². The molecule has 100 valence electrons. The van der Waals surface area contributed by atoms with E-state index in [0.717, 1.165) is 5.69 Å². The van der Waals surface area contributed by atoms with E-state index < -0.39 is 0 Å². The lowest BCUT2D eigenvalue weighted by Gasteiger charge is -2.07. The van der Waals surface area contributed by atoms with E-state index in [1.54, 1.807) is 23.0 Å². The predicted octanol–water partition coefficient (Wildman–Crippen LogP) is 1.89. The number of anilines is 1. The van der Waals surface area contributed by atoms with Crippen molar-refractivity contribution in [2.45, 2.75) is 13.1 Å². The maximum absolute atomic E-state index is 11.9. The molecule has 0 radical (unpaired) electrons. The molecule has 0 aliphatic rings. The Bertz CT molecular complexity index is 567. The van der Waals surface area contributed by atoms with Crippen LogP contribution in [0.25, 0.3) is 0 Å². The Hall–Kier alpha value is -1.85. The van der Waals surface area contributed by atoms with Crippen LogP contribution in [0, 0.1) is 0 Å². The van der Waals surface area contributed by atoms with Crippen LogP contribution < -0.4 is 10.6 Å². The Morgan fingerprint density at radius 1 is 1.42 bits per heavy atom. The van der Waals surface area contributed by atoms with Gasteiger partial charge in [0.2, 0.25) is 5.91 Å². The normalized spacial score (nSPS) is 10.4. The minimum Gasteiger partial charge on any atom is -0.328 e. The molecular weight excluding hydrogens is 264 g/mol. The Balaban J connectivity index is 1.95. The topological polar surface area (TPSA) is 59.0 Å². The van der Waals surface area contributed by atoms with Gasteiger partial charge in [-0.25, -0.2) is 4.98 Å². The molecule has 0 unspecified atom stereocenters. The fourth-order valence-corrected chi connectivity index (χ4v) is 1.87. The second-order valence-electron chi connectivity index (χ2n) is 4.10. The number of nitrogens with zero attached hydrogens (tertiary/aromatic N) is 2. The number of halogens is 1. The molecule has 6 heteroatoms. The minimum absolute atomic E-state index is 0.137. The van der Waals surface area contributed by atoms with Crippen molar-refractivity contribution >= 4 is 23.2 Å². The highest BCUT2D eigenvalue weighted by atomic mass is 35.5. The molecule has 0 aliphatic heterocycles. The van der Waals surface area contributed by atoms with Crippen molar-refractivity contribution in [2.24, 2.45) is 0 Å². The number of hydrogen-bond donors (Lipinski definition) is 2. The van der Waals surface area contributed by atoms with Crippen molar-refractivity contribution in [1.82, 2.24) is 14.9 Å². The number of rotatable bonds is 5. The molecule has 0 spiro atoms. The molecule has 0 saturated carbocycles. The Labute approximate surface area is 116 Å². The van der Waals surface area contributed by atoms with Crippen LogP contribution >= 0.6 is 11.6 Å². The lowest BCUT2D eigenvalue weighted by Crippen LogP contribution is -2.18. The summed E-state index contributed by atoms with van der Waals surface area (Å²) in [5.41, 5.74) is 1.51. The fourth-order valence-electron chi connectivity index (χ4n) is 1.68. The summed E-state index contributed by atoms with van der Waals surface area (Å²) in [6, 6.07) is 7.14. The maximum atomic E-state index is 11.9. The number of hydrogen-bond acceptors (Lipinski definition) is 3. The Kier molecular flexibility index (Phi) is 4.54. The molecule has 19 heavy (non-hydrogen) atoms. The average Bonchev–Trinajstić information content (AvgIpc) is 2.80. The van der Waals surface area contributed by atoms with E-state index >= 15 is 0 Å². The molecule has 0 saturated heterocycles. The van der Waals surface area contributed by atoms with Crippen molar-refractivity contribution in [2.75, 3.05) is 12.4 Å². The van der Waals surface area contributed by atoms with Crippen molar-refractivity contribution < 1.29 is 4.79 Å². The van der Waals surface area contributed by atoms with Gasteiger partial charge in [-0.1, -0.05) is 23.7 Å². The van der Waals surface area contributed by atoms with Crippen LogP contribution in [0.3, 0.4) is 0 Å². The average molecular weight is 279 g/mol. The summed E-state index contributed by atoms with van der Waals surface area (Å²) >= 11 is 5.97. The zero-order valence-corrected chi connectivity index (χ0v) is 11.3. The number of para-hydroxylation sites is 1. The van der Waals surface area contributed by atoms with Crippen LogP contribution in [-0.2, 0) is 17.9 Å². The molecule has 2 rings (SSSR count). The SMILES string of the molecule is CNCc1cn(CC(=O)Nc2ccccc2Cl)cn1. The van der Waals surface area contributed by atoms with Crippen molar-refractivity contribution in [3.63, 3.8) is 0 Å². The van der Waals surface area contributed by atoms with Gasteiger partial charge in [-0.15, -0.1) is 0 Å². The molecule has 0 atom stereocenters. The van der Waals surface area contributed by atoms with Gasteiger partial charge >= 0.3 is 0 Å². The maximum Gasteiger partial charge on any atom is 0.244 e. The summed E-state index contributed by atoms with van der Waals surface area (Å²) in [6.45, 7) is 0.890. The zero-order chi connectivity index (χ0) is 13.7. The Morgan fingerprint density at radius 3 is 2.95 bits per heavy atom. The molecule has 2 aromatic rings. The van der Waals surface area contributed by atoms with E-state index in [4.69, 9.17) is 11.6 Å². The van der Waals surface area contributed by atoms with Crippen LogP contribution in [0.4, 0.5) is 5.69 Å². The molecular formula is C13H15ClN4O. The third kappa shape index (κ3) is 3.81. The van der Waals surface area contributed by atoms with E-state index in [1.165, 1.54) is 0 Å². The standard InChI is InChI=1S/C13H15ClN4O/c1-15-6-10-7-18(9-16-10)8-13(19)17-12-5-3-2-4-11(12)14/h2-5,7,9,15H,6,8H2,1H3,(H,17,19). The first-order valence-electron chi connectivity index (χ1n) is 5.88. The number of nitrogens with one attached hydrogen (secondary N) is 2. The van der Waals surface area contributed by atoms with E-state index in [1.807, 2.05) is 25.4 Å². The molecule has 0 aliphatic carbocycles. The summed E-state index contributed by atoms with van der Waals surface area (Å²) in [5, 5.41) is 6.29. The summed E-state index contributed by atoms with van der Waals surface area (Å²) in [7, 11) is 1.85. The van der Waals surface area contributed by atoms with Crippen molar-refractivity contribution in [3.05, 3.63) is 47.5 Å². The third-order valence-electron chi connectivity index (χ3n) is 2.52. The number of imidazole rings is 1. The van der Waals surface area contributed by atoms with E-state index in [-0.39, 0.29) is 12.5 Å². The molecule has 1 heterocycles. The van der Waals surface area contributed by atoms with Gasteiger partial charge in [-0.05, 0) is 19.2 Å². The van der Waals surface area contributed by atoms with Gasteiger partial charge in [0.1, 0.15) is 6.54 Å². The quantitative estimate of drug-likeness (QED) is 0.878. The van der Waals surface area contributed by atoms with Crippen LogP contribution in [-0.4, -0.2) is 22.5 Å². The van der Waals surface area contributed by atoms with Crippen LogP contribution in [0.5, 0.6) is 0 Å². The highest BCUT2D eigenvalue weighted by molar-refractivity contribution is 6.33. The first-order valence-corrected chi connectivity index (χ1v) is 6.26. The number of amides is 1. The number of carbonyl (C=O) groups is 1. The lowest BCUT2D eigenvalue weighted by atomic mass is 10.3. The van der Waals surface area contributed by atoms with Gasteiger partial charge in [-0.2, -0.15) is 0 Å². The molecule has 1 amide bonds. The highest BCUT2D eigenvalue weighted by Crippen LogP contribution is 2.20. The minimum atomic E-state index is -0.137. The smallest absolute Gasteiger partial charge is 0.244 e. The number of carbonyl (C=O) groups excluding carboxylic acids is 1. The molecule has 1 aromatic heterocycles. The summed E-state index contributed by atoms with van der Waals surface area (Å²) in [4.78, 5) is 16.0. The Morgan fingerprint density at radius 2 is 2.21 bits per heavy atom. The van der Waals surface area contributed by atoms with E-state index in [0.29, 0.717) is 17.3 Å². The van der Waals surface area contributed by atoms with Crippen molar-refractivity contribution in [3.8, 4) is 0 Å². The first kappa shape index (κ1) is 13.6. The second-order valence-corrected chi connectivity index (χ2v) is 4.50. The molecule has 5 nitrogen and oxygen atoms in total. The summed E-state index contributed by atoms with van der Waals surface area (Å²) in [5.74, 6) is -0.137. The van der Waals surface area contributed by atoms with E-state index in [9.17, 15) is 4.79 Å². The number of benzene rings is 1. The number of aromatic nitrogens is 2. The largest absolute Gasteiger partial charge is 0.328 e.